The SMILES string of the molecule is Cc1ccc(C)c(S(=O)(=O)NCCC(=O)NCCc2ccn(-c3ccccc3)n2)c1. The predicted octanol–water partition coefficient (Wildman–Crippen LogP) is 2.52. The van der Waals surface area contributed by atoms with Crippen LogP contribution in [0.1, 0.15) is 23.2 Å². The zero-order chi connectivity index (χ0) is 21.6. The lowest BCUT2D eigenvalue weighted by molar-refractivity contribution is -0.120. The van der Waals surface area contributed by atoms with E-state index in [1.807, 2.05) is 55.6 Å². The van der Waals surface area contributed by atoms with Crippen molar-refractivity contribution in [3.05, 3.63) is 77.6 Å². The number of aryl methyl sites for hydroxylation is 2. The Kier molecular flexibility index (Phi) is 7.02. The molecule has 2 aromatic carbocycles. The maximum absolute atomic E-state index is 12.5. The van der Waals surface area contributed by atoms with Gasteiger partial charge in [-0.1, -0.05) is 30.3 Å². The third-order valence-electron chi connectivity index (χ3n) is 4.65. The van der Waals surface area contributed by atoms with Crippen LogP contribution < -0.4 is 10.0 Å². The molecular formula is C22H26N4O3S. The van der Waals surface area contributed by atoms with Gasteiger partial charge in [-0.15, -0.1) is 0 Å². The van der Waals surface area contributed by atoms with E-state index in [1.54, 1.807) is 23.7 Å². The molecule has 0 aliphatic heterocycles. The van der Waals surface area contributed by atoms with Gasteiger partial charge in [0, 0.05) is 32.1 Å². The van der Waals surface area contributed by atoms with E-state index in [9.17, 15) is 13.2 Å². The maximum atomic E-state index is 12.5. The van der Waals surface area contributed by atoms with Gasteiger partial charge in [0.05, 0.1) is 16.3 Å². The lowest BCUT2D eigenvalue weighted by Crippen LogP contribution is -2.32. The molecule has 0 spiro atoms. The highest BCUT2D eigenvalue weighted by molar-refractivity contribution is 7.89. The third-order valence-corrected chi connectivity index (χ3v) is 6.25. The lowest BCUT2D eigenvalue weighted by atomic mass is 10.2. The minimum Gasteiger partial charge on any atom is -0.356 e. The number of para-hydroxylation sites is 1. The van der Waals surface area contributed by atoms with Crippen LogP contribution in [-0.2, 0) is 21.2 Å². The number of carbonyl (C=O) groups is 1. The minimum absolute atomic E-state index is 0.0458. The minimum atomic E-state index is -3.64. The molecule has 0 unspecified atom stereocenters. The number of nitrogens with one attached hydrogen (secondary N) is 2. The van der Waals surface area contributed by atoms with E-state index in [-0.39, 0.29) is 23.8 Å². The first-order valence-electron chi connectivity index (χ1n) is 9.79. The van der Waals surface area contributed by atoms with Gasteiger partial charge in [-0.05, 0) is 49.2 Å². The molecule has 7 nitrogen and oxygen atoms in total. The normalized spacial score (nSPS) is 11.4. The number of nitrogens with zero attached hydrogens (tertiary/aromatic N) is 2. The largest absolute Gasteiger partial charge is 0.356 e. The van der Waals surface area contributed by atoms with Crippen LogP contribution >= 0.6 is 0 Å². The molecule has 0 fully saturated rings. The van der Waals surface area contributed by atoms with Crippen molar-refractivity contribution in [1.82, 2.24) is 19.8 Å². The molecule has 8 heteroatoms. The fraction of sp³-hybridized carbons (Fsp3) is 0.273. The van der Waals surface area contributed by atoms with E-state index in [0.29, 0.717) is 18.5 Å². The highest BCUT2D eigenvalue weighted by Gasteiger charge is 2.17. The van der Waals surface area contributed by atoms with Gasteiger partial charge in [0.2, 0.25) is 15.9 Å². The summed E-state index contributed by atoms with van der Waals surface area (Å²) < 4.78 is 29.2. The first-order valence-corrected chi connectivity index (χ1v) is 11.3. The van der Waals surface area contributed by atoms with Crippen LogP contribution in [0.15, 0.2) is 65.7 Å². The van der Waals surface area contributed by atoms with Crippen molar-refractivity contribution in [3.63, 3.8) is 0 Å². The maximum Gasteiger partial charge on any atom is 0.240 e. The Morgan fingerprint density at radius 3 is 2.57 bits per heavy atom. The van der Waals surface area contributed by atoms with Gasteiger partial charge in [-0.2, -0.15) is 5.10 Å². The van der Waals surface area contributed by atoms with Crippen molar-refractivity contribution in [2.24, 2.45) is 0 Å². The van der Waals surface area contributed by atoms with E-state index in [0.717, 1.165) is 16.9 Å². The van der Waals surface area contributed by atoms with Gasteiger partial charge in [0.1, 0.15) is 0 Å². The third kappa shape index (κ3) is 5.77. The summed E-state index contributed by atoms with van der Waals surface area (Å²) in [5.41, 5.74) is 3.39. The molecule has 2 N–H and O–H groups in total. The van der Waals surface area contributed by atoms with Crippen molar-refractivity contribution >= 4 is 15.9 Å². The molecule has 0 bridgehead atoms. The lowest BCUT2D eigenvalue weighted by Gasteiger charge is -2.10. The van der Waals surface area contributed by atoms with Crippen LogP contribution in [-0.4, -0.2) is 37.2 Å². The van der Waals surface area contributed by atoms with Crippen LogP contribution in [0.5, 0.6) is 0 Å². The molecule has 30 heavy (non-hydrogen) atoms. The van der Waals surface area contributed by atoms with Crippen LogP contribution in [0.25, 0.3) is 5.69 Å². The zero-order valence-electron chi connectivity index (χ0n) is 17.1. The first-order chi connectivity index (χ1) is 14.3. The molecular weight excluding hydrogens is 400 g/mol. The van der Waals surface area contributed by atoms with Crippen LogP contribution in [0.3, 0.4) is 0 Å². The van der Waals surface area contributed by atoms with Gasteiger partial charge in [-0.25, -0.2) is 17.8 Å². The molecule has 1 amide bonds. The average molecular weight is 427 g/mol. The number of benzene rings is 2. The molecule has 0 saturated heterocycles. The molecule has 0 atom stereocenters. The van der Waals surface area contributed by atoms with Crippen molar-refractivity contribution in [1.29, 1.82) is 0 Å². The Balaban J connectivity index is 1.42. The van der Waals surface area contributed by atoms with E-state index in [2.05, 4.69) is 15.1 Å². The second kappa shape index (κ2) is 9.69. The summed E-state index contributed by atoms with van der Waals surface area (Å²) >= 11 is 0. The van der Waals surface area contributed by atoms with Crippen LogP contribution in [0, 0.1) is 13.8 Å². The molecule has 0 aliphatic rings. The number of aromatic nitrogens is 2. The first kappa shape index (κ1) is 21.7. The van der Waals surface area contributed by atoms with Gasteiger partial charge < -0.3 is 5.32 Å². The number of carbonyl (C=O) groups excluding carboxylic acids is 1. The molecule has 1 aromatic heterocycles. The summed E-state index contributed by atoms with van der Waals surface area (Å²) in [5.74, 6) is -0.207. The molecule has 158 valence electrons. The van der Waals surface area contributed by atoms with E-state index >= 15 is 0 Å². The van der Waals surface area contributed by atoms with E-state index < -0.39 is 10.0 Å². The predicted molar refractivity (Wildman–Crippen MR) is 116 cm³/mol. The summed E-state index contributed by atoms with van der Waals surface area (Å²) in [6, 6.07) is 17.0. The Morgan fingerprint density at radius 2 is 1.80 bits per heavy atom. The fourth-order valence-corrected chi connectivity index (χ4v) is 4.37. The van der Waals surface area contributed by atoms with E-state index in [1.165, 1.54) is 0 Å². The summed E-state index contributed by atoms with van der Waals surface area (Å²) in [6.07, 6.45) is 2.55. The van der Waals surface area contributed by atoms with Crippen LogP contribution in [0.4, 0.5) is 0 Å². The quantitative estimate of drug-likeness (QED) is 0.550. The Bertz CT molecular complexity index is 1110. The van der Waals surface area contributed by atoms with Crippen molar-refractivity contribution in [2.45, 2.75) is 31.6 Å². The number of amides is 1. The van der Waals surface area contributed by atoms with Crippen molar-refractivity contribution < 1.29 is 13.2 Å². The summed E-state index contributed by atoms with van der Waals surface area (Å²) in [6.45, 7) is 4.08. The average Bonchev–Trinajstić information content (AvgIpc) is 3.19. The van der Waals surface area contributed by atoms with Gasteiger partial charge in [-0.3, -0.25) is 4.79 Å². The standard InChI is InChI=1S/C22H26N4O3S/c1-17-8-9-18(2)21(16-17)30(28,29)24-14-11-22(27)23-13-10-19-12-15-26(25-19)20-6-4-3-5-7-20/h3-9,12,15-16,24H,10-11,13-14H2,1-2H3,(H,23,27). The monoisotopic (exact) mass is 426 g/mol. The molecule has 0 aliphatic carbocycles. The number of hydrogen-bond acceptors (Lipinski definition) is 4. The highest BCUT2D eigenvalue weighted by Crippen LogP contribution is 2.16. The van der Waals surface area contributed by atoms with Gasteiger partial charge in [0.25, 0.3) is 0 Å². The summed E-state index contributed by atoms with van der Waals surface area (Å²) in [5, 5.41) is 7.30. The number of rotatable bonds is 9. The van der Waals surface area contributed by atoms with Crippen LogP contribution in [0.2, 0.25) is 0 Å². The second-order valence-corrected chi connectivity index (χ2v) is 8.84. The summed E-state index contributed by atoms with van der Waals surface area (Å²) in [7, 11) is -3.64. The Labute approximate surface area is 177 Å². The van der Waals surface area contributed by atoms with Gasteiger partial charge in [0.15, 0.2) is 0 Å². The highest BCUT2D eigenvalue weighted by atomic mass is 32.2. The molecule has 3 rings (SSSR count). The number of sulfonamides is 1. The topological polar surface area (TPSA) is 93.1 Å². The second-order valence-electron chi connectivity index (χ2n) is 7.10. The fourth-order valence-electron chi connectivity index (χ4n) is 3.01. The van der Waals surface area contributed by atoms with Crippen molar-refractivity contribution in [2.75, 3.05) is 13.1 Å². The molecule has 0 radical (unpaired) electrons. The zero-order valence-corrected chi connectivity index (χ0v) is 17.9. The molecule has 1 heterocycles. The smallest absolute Gasteiger partial charge is 0.240 e. The van der Waals surface area contributed by atoms with Crippen molar-refractivity contribution in [3.8, 4) is 5.69 Å². The Morgan fingerprint density at radius 1 is 1.03 bits per heavy atom. The summed E-state index contributed by atoms with van der Waals surface area (Å²) in [4.78, 5) is 12.3. The van der Waals surface area contributed by atoms with Gasteiger partial charge >= 0.3 is 0 Å². The number of hydrogen-bond donors (Lipinski definition) is 2. The van der Waals surface area contributed by atoms with E-state index in [4.69, 9.17) is 0 Å². The molecule has 0 saturated carbocycles. The molecule has 3 aromatic rings. The Hall–Kier alpha value is -2.97.